The molecule has 2 aliphatic rings. The van der Waals surface area contributed by atoms with Crippen molar-refractivity contribution in [2.45, 2.75) is 6.42 Å². The van der Waals surface area contributed by atoms with Gasteiger partial charge in [0.05, 0.1) is 6.54 Å². The van der Waals surface area contributed by atoms with Gasteiger partial charge in [0, 0.05) is 50.0 Å². The molecule has 0 aromatic heterocycles. The number of nitrogens with zero attached hydrogens (tertiary/aromatic N) is 3. The Labute approximate surface area is 142 Å². The van der Waals surface area contributed by atoms with Gasteiger partial charge in [-0.25, -0.2) is 0 Å². The number of rotatable bonds is 4. The van der Waals surface area contributed by atoms with Crippen LogP contribution in [0.1, 0.15) is 6.42 Å². The molecule has 1 aromatic carbocycles. The fourth-order valence-corrected chi connectivity index (χ4v) is 3.57. The molecule has 5 nitrogen and oxygen atoms in total. The fraction of sp³-hybridized carbons (Fsp3) is 0.588. The molecule has 23 heavy (non-hydrogen) atoms. The van der Waals surface area contributed by atoms with Gasteiger partial charge < -0.3 is 14.9 Å². The normalized spacial score (nSPS) is 22.6. The van der Waals surface area contributed by atoms with Gasteiger partial charge in [-0.05, 0) is 37.1 Å². The van der Waals surface area contributed by atoms with Crippen LogP contribution in [0.2, 0.25) is 5.02 Å². The molecule has 0 spiro atoms. The highest BCUT2D eigenvalue weighted by Gasteiger charge is 2.27. The van der Waals surface area contributed by atoms with E-state index in [1.165, 1.54) is 0 Å². The van der Waals surface area contributed by atoms with E-state index in [9.17, 15) is 9.90 Å². The van der Waals surface area contributed by atoms with E-state index in [0.29, 0.717) is 12.5 Å². The van der Waals surface area contributed by atoms with Crippen LogP contribution in [-0.2, 0) is 4.79 Å². The zero-order chi connectivity index (χ0) is 16.2. The molecule has 1 amide bonds. The van der Waals surface area contributed by atoms with Crippen molar-refractivity contribution < 1.29 is 9.90 Å². The van der Waals surface area contributed by atoms with Gasteiger partial charge in [0.25, 0.3) is 0 Å². The van der Waals surface area contributed by atoms with Crippen LogP contribution in [0.4, 0.5) is 5.69 Å². The maximum atomic E-state index is 12.4. The van der Waals surface area contributed by atoms with Gasteiger partial charge in [0.15, 0.2) is 0 Å². The lowest BCUT2D eigenvalue weighted by Crippen LogP contribution is -2.51. The summed E-state index contributed by atoms with van der Waals surface area (Å²) in [5.41, 5.74) is 1.12. The number of likely N-dealkylation sites (tertiary alicyclic amines) is 1. The molecule has 2 aliphatic heterocycles. The first kappa shape index (κ1) is 16.6. The SMILES string of the molecule is O=C(CN1CCC(CO)C1)N1CCN(c2cccc(Cl)c2)CC1. The molecular weight excluding hydrogens is 314 g/mol. The number of hydrogen-bond donors (Lipinski definition) is 1. The molecule has 2 saturated heterocycles. The van der Waals surface area contributed by atoms with E-state index in [-0.39, 0.29) is 12.5 Å². The number of piperazine rings is 1. The van der Waals surface area contributed by atoms with Gasteiger partial charge in [-0.15, -0.1) is 0 Å². The van der Waals surface area contributed by atoms with Crippen LogP contribution in [0.25, 0.3) is 0 Å². The molecule has 126 valence electrons. The number of hydrogen-bond acceptors (Lipinski definition) is 4. The molecule has 3 rings (SSSR count). The summed E-state index contributed by atoms with van der Waals surface area (Å²) in [6, 6.07) is 7.86. The number of benzene rings is 1. The predicted octanol–water partition coefficient (Wildman–Crippen LogP) is 1.30. The standard InChI is InChI=1S/C17H24ClN3O2/c18-15-2-1-3-16(10-15)20-6-8-21(9-7-20)17(23)12-19-5-4-14(11-19)13-22/h1-3,10,14,22H,4-9,11-13H2. The first-order valence-electron chi connectivity index (χ1n) is 8.27. The number of carbonyl (C=O) groups excluding carboxylic acids is 1. The van der Waals surface area contributed by atoms with Crippen LogP contribution in [0.3, 0.4) is 0 Å². The quantitative estimate of drug-likeness (QED) is 0.899. The summed E-state index contributed by atoms with van der Waals surface area (Å²) in [4.78, 5) is 18.8. The molecule has 0 aliphatic carbocycles. The Bertz CT molecular complexity index is 546. The van der Waals surface area contributed by atoms with Gasteiger partial charge in [-0.2, -0.15) is 0 Å². The van der Waals surface area contributed by atoms with Crippen LogP contribution in [-0.4, -0.2) is 73.2 Å². The average Bonchev–Trinajstić information content (AvgIpc) is 3.02. The van der Waals surface area contributed by atoms with Crippen LogP contribution in [0, 0.1) is 5.92 Å². The minimum atomic E-state index is 0.203. The zero-order valence-corrected chi connectivity index (χ0v) is 14.1. The van der Waals surface area contributed by atoms with Gasteiger partial charge in [-0.3, -0.25) is 9.69 Å². The van der Waals surface area contributed by atoms with Crippen molar-refractivity contribution in [3.05, 3.63) is 29.3 Å². The zero-order valence-electron chi connectivity index (χ0n) is 13.3. The molecule has 0 bridgehead atoms. The number of amides is 1. The Morgan fingerprint density at radius 3 is 2.65 bits per heavy atom. The second-order valence-corrected chi connectivity index (χ2v) is 6.86. The first-order chi connectivity index (χ1) is 11.2. The van der Waals surface area contributed by atoms with E-state index in [1.54, 1.807) is 0 Å². The highest BCUT2D eigenvalue weighted by molar-refractivity contribution is 6.30. The van der Waals surface area contributed by atoms with Crippen LogP contribution in [0.15, 0.2) is 24.3 Å². The van der Waals surface area contributed by atoms with E-state index in [1.807, 2.05) is 23.1 Å². The lowest BCUT2D eigenvalue weighted by Gasteiger charge is -2.36. The summed E-state index contributed by atoms with van der Waals surface area (Å²) in [6.45, 7) is 5.64. The topological polar surface area (TPSA) is 47.0 Å². The van der Waals surface area contributed by atoms with Crippen molar-refractivity contribution in [3.8, 4) is 0 Å². The molecule has 2 heterocycles. The van der Waals surface area contributed by atoms with E-state index < -0.39 is 0 Å². The van der Waals surface area contributed by atoms with E-state index in [2.05, 4.69) is 15.9 Å². The van der Waals surface area contributed by atoms with Gasteiger partial charge in [0.1, 0.15) is 0 Å². The number of halogens is 1. The molecule has 2 fully saturated rings. The highest BCUT2D eigenvalue weighted by Crippen LogP contribution is 2.21. The number of aliphatic hydroxyl groups is 1. The lowest BCUT2D eigenvalue weighted by molar-refractivity contribution is -0.132. The Balaban J connectivity index is 1.48. The van der Waals surface area contributed by atoms with E-state index >= 15 is 0 Å². The molecule has 1 N–H and O–H groups in total. The van der Waals surface area contributed by atoms with Crippen molar-refractivity contribution in [2.75, 3.05) is 57.3 Å². The second-order valence-electron chi connectivity index (χ2n) is 6.42. The van der Waals surface area contributed by atoms with Crippen molar-refractivity contribution in [1.82, 2.24) is 9.80 Å². The van der Waals surface area contributed by atoms with Gasteiger partial charge in [-0.1, -0.05) is 17.7 Å². The van der Waals surface area contributed by atoms with Gasteiger partial charge in [0.2, 0.25) is 5.91 Å². The summed E-state index contributed by atoms with van der Waals surface area (Å²) >= 11 is 6.05. The molecular formula is C17H24ClN3O2. The third-order valence-electron chi connectivity index (χ3n) is 4.79. The molecule has 1 aromatic rings. The predicted molar refractivity (Wildman–Crippen MR) is 91.9 cm³/mol. The van der Waals surface area contributed by atoms with Crippen molar-refractivity contribution in [3.63, 3.8) is 0 Å². The Kier molecular flexibility index (Phi) is 5.41. The summed E-state index contributed by atoms with van der Waals surface area (Å²) in [5.74, 6) is 0.539. The van der Waals surface area contributed by atoms with Crippen LogP contribution < -0.4 is 4.90 Å². The minimum absolute atomic E-state index is 0.203. The number of anilines is 1. The third-order valence-corrected chi connectivity index (χ3v) is 5.03. The number of carbonyl (C=O) groups is 1. The highest BCUT2D eigenvalue weighted by atomic mass is 35.5. The fourth-order valence-electron chi connectivity index (χ4n) is 3.38. The number of aliphatic hydroxyl groups excluding tert-OH is 1. The van der Waals surface area contributed by atoms with E-state index in [0.717, 1.165) is 56.4 Å². The molecule has 6 heteroatoms. The Hall–Kier alpha value is -1.30. The van der Waals surface area contributed by atoms with Crippen LogP contribution >= 0.6 is 11.6 Å². The third kappa shape index (κ3) is 4.16. The van der Waals surface area contributed by atoms with Crippen LogP contribution in [0.5, 0.6) is 0 Å². The second kappa shape index (κ2) is 7.51. The maximum Gasteiger partial charge on any atom is 0.236 e. The molecule has 1 unspecified atom stereocenters. The summed E-state index contributed by atoms with van der Waals surface area (Å²) in [6.07, 6.45) is 0.992. The monoisotopic (exact) mass is 337 g/mol. The van der Waals surface area contributed by atoms with Crippen molar-refractivity contribution >= 4 is 23.2 Å². The van der Waals surface area contributed by atoms with Crippen molar-refractivity contribution in [2.24, 2.45) is 5.92 Å². The van der Waals surface area contributed by atoms with Crippen molar-refractivity contribution in [1.29, 1.82) is 0 Å². The molecule has 0 radical (unpaired) electrons. The first-order valence-corrected chi connectivity index (χ1v) is 8.65. The summed E-state index contributed by atoms with van der Waals surface area (Å²) in [5, 5.41) is 9.93. The van der Waals surface area contributed by atoms with E-state index in [4.69, 9.17) is 11.6 Å². The smallest absolute Gasteiger partial charge is 0.236 e. The minimum Gasteiger partial charge on any atom is -0.396 e. The molecule has 0 saturated carbocycles. The molecule has 1 atom stereocenters. The maximum absolute atomic E-state index is 12.4. The average molecular weight is 338 g/mol. The Morgan fingerprint density at radius 2 is 2.00 bits per heavy atom. The summed E-state index contributed by atoms with van der Waals surface area (Å²) in [7, 11) is 0. The van der Waals surface area contributed by atoms with Gasteiger partial charge >= 0.3 is 0 Å². The largest absolute Gasteiger partial charge is 0.396 e. The lowest BCUT2D eigenvalue weighted by atomic mass is 10.1. The Morgan fingerprint density at radius 1 is 1.22 bits per heavy atom. The summed E-state index contributed by atoms with van der Waals surface area (Å²) < 4.78 is 0.